The van der Waals surface area contributed by atoms with Crippen LogP contribution in [0.3, 0.4) is 0 Å². The standard InChI is InChI=1S/C11H7I3O5/c1-4(16)18-10-8(13)6(3-15)7(12)9(14)11(10)19-5(2)17/h3H,1-2H3. The maximum absolute atomic E-state index is 11.1. The summed E-state index contributed by atoms with van der Waals surface area (Å²) in [7, 11) is 0. The van der Waals surface area contributed by atoms with Crippen LogP contribution in [0.2, 0.25) is 0 Å². The van der Waals surface area contributed by atoms with E-state index in [1.165, 1.54) is 13.8 Å². The van der Waals surface area contributed by atoms with Gasteiger partial charge in [0.1, 0.15) is 0 Å². The second-order valence-corrected chi connectivity index (χ2v) is 6.56. The van der Waals surface area contributed by atoms with Crippen molar-refractivity contribution in [3.8, 4) is 11.5 Å². The summed E-state index contributed by atoms with van der Waals surface area (Å²) in [5.41, 5.74) is 0.401. The number of rotatable bonds is 3. The molecule has 0 fully saturated rings. The van der Waals surface area contributed by atoms with Crippen LogP contribution in [-0.2, 0) is 9.59 Å². The molecule has 0 aromatic heterocycles. The van der Waals surface area contributed by atoms with Crippen molar-refractivity contribution in [1.29, 1.82) is 0 Å². The molecule has 8 heteroatoms. The number of carbonyl (C=O) groups excluding carboxylic acids is 3. The van der Waals surface area contributed by atoms with Crippen molar-refractivity contribution in [2.24, 2.45) is 0 Å². The number of halogens is 3. The Balaban J connectivity index is 3.62. The summed E-state index contributed by atoms with van der Waals surface area (Å²) in [6.07, 6.45) is 0.677. The van der Waals surface area contributed by atoms with E-state index in [9.17, 15) is 14.4 Å². The minimum atomic E-state index is -0.555. The third-order valence-electron chi connectivity index (χ3n) is 1.88. The lowest BCUT2D eigenvalue weighted by molar-refractivity contribution is -0.134. The fourth-order valence-corrected chi connectivity index (χ4v) is 3.76. The van der Waals surface area contributed by atoms with Crippen molar-refractivity contribution in [2.45, 2.75) is 13.8 Å². The SMILES string of the molecule is CC(=O)Oc1c(I)c(I)c(C=O)c(I)c1OC(C)=O. The predicted molar refractivity (Wildman–Crippen MR) is 92.6 cm³/mol. The van der Waals surface area contributed by atoms with Gasteiger partial charge in [0.15, 0.2) is 17.8 Å². The van der Waals surface area contributed by atoms with Crippen molar-refractivity contribution in [2.75, 3.05) is 0 Å². The molecule has 0 saturated heterocycles. The minimum absolute atomic E-state index is 0.0928. The molecule has 0 heterocycles. The van der Waals surface area contributed by atoms with Gasteiger partial charge in [0.25, 0.3) is 0 Å². The molecule has 0 unspecified atom stereocenters. The molecule has 0 aliphatic heterocycles. The molecule has 0 bridgehead atoms. The summed E-state index contributed by atoms with van der Waals surface area (Å²) >= 11 is 5.80. The lowest BCUT2D eigenvalue weighted by Crippen LogP contribution is -2.12. The average Bonchev–Trinajstić information content (AvgIpc) is 2.31. The van der Waals surface area contributed by atoms with Crippen LogP contribution < -0.4 is 9.47 Å². The summed E-state index contributed by atoms with van der Waals surface area (Å²) in [6, 6.07) is 0. The molecule has 0 radical (unpaired) electrons. The Labute approximate surface area is 150 Å². The first-order valence-corrected chi connectivity index (χ1v) is 8.05. The number of esters is 2. The zero-order chi connectivity index (χ0) is 14.7. The summed E-state index contributed by atoms with van der Waals surface area (Å²) < 4.78 is 11.8. The smallest absolute Gasteiger partial charge is 0.308 e. The van der Waals surface area contributed by atoms with E-state index in [1.54, 1.807) is 0 Å². The van der Waals surface area contributed by atoms with Gasteiger partial charge < -0.3 is 9.47 Å². The van der Waals surface area contributed by atoms with Gasteiger partial charge in [-0.25, -0.2) is 0 Å². The summed E-state index contributed by atoms with van der Waals surface area (Å²) in [6.45, 7) is 2.49. The Bertz CT molecular complexity index is 568. The average molecular weight is 600 g/mol. The number of carbonyl (C=O) groups is 3. The van der Waals surface area contributed by atoms with Gasteiger partial charge in [0.05, 0.1) is 7.14 Å². The molecule has 5 nitrogen and oxygen atoms in total. The normalized spacial score (nSPS) is 9.95. The highest BCUT2D eigenvalue weighted by molar-refractivity contribution is 14.1. The van der Waals surface area contributed by atoms with Crippen molar-refractivity contribution >= 4 is 86.0 Å². The van der Waals surface area contributed by atoms with Crippen LogP contribution in [0.5, 0.6) is 11.5 Å². The third-order valence-corrected chi connectivity index (χ3v) is 6.13. The van der Waals surface area contributed by atoms with E-state index in [0.717, 1.165) is 0 Å². The molecule has 0 aliphatic carbocycles. The fourth-order valence-electron chi connectivity index (χ4n) is 1.21. The van der Waals surface area contributed by atoms with Gasteiger partial charge in [-0.1, -0.05) is 0 Å². The first-order valence-electron chi connectivity index (χ1n) is 4.82. The van der Waals surface area contributed by atoms with Crippen LogP contribution in [0.1, 0.15) is 24.2 Å². The molecular weight excluding hydrogens is 593 g/mol. The first-order chi connectivity index (χ1) is 8.79. The van der Waals surface area contributed by atoms with Crippen LogP contribution >= 0.6 is 67.8 Å². The van der Waals surface area contributed by atoms with Crippen LogP contribution in [0.4, 0.5) is 0 Å². The summed E-state index contributed by atoms with van der Waals surface area (Å²) in [4.78, 5) is 33.4. The summed E-state index contributed by atoms with van der Waals surface area (Å²) in [5, 5.41) is 0. The van der Waals surface area contributed by atoms with Gasteiger partial charge in [0, 0.05) is 23.0 Å². The molecule has 0 atom stereocenters. The highest BCUT2D eigenvalue weighted by Gasteiger charge is 2.24. The second kappa shape index (κ2) is 7.15. The maximum atomic E-state index is 11.1. The highest BCUT2D eigenvalue weighted by atomic mass is 127. The van der Waals surface area contributed by atoms with Gasteiger partial charge in [-0.05, 0) is 67.8 Å². The molecule has 102 valence electrons. The van der Waals surface area contributed by atoms with Crippen molar-refractivity contribution in [3.63, 3.8) is 0 Å². The van der Waals surface area contributed by atoms with E-state index >= 15 is 0 Å². The van der Waals surface area contributed by atoms with E-state index in [4.69, 9.17) is 9.47 Å². The number of hydrogen-bond acceptors (Lipinski definition) is 5. The third kappa shape index (κ3) is 4.00. The summed E-state index contributed by atoms with van der Waals surface area (Å²) in [5.74, 6) is -0.838. The number of ether oxygens (including phenoxy) is 2. The molecule has 0 amide bonds. The van der Waals surface area contributed by atoms with E-state index in [0.29, 0.717) is 22.6 Å². The molecule has 0 saturated carbocycles. The first kappa shape index (κ1) is 17.1. The van der Waals surface area contributed by atoms with Crippen LogP contribution in [0, 0.1) is 10.7 Å². The van der Waals surface area contributed by atoms with Crippen molar-refractivity contribution in [3.05, 3.63) is 16.3 Å². The van der Waals surface area contributed by atoms with Gasteiger partial charge in [0.2, 0.25) is 0 Å². The Morgan fingerprint density at radius 3 is 1.68 bits per heavy atom. The van der Waals surface area contributed by atoms with Gasteiger partial charge >= 0.3 is 11.9 Å². The predicted octanol–water partition coefficient (Wildman–Crippen LogP) is 3.16. The lowest BCUT2D eigenvalue weighted by atomic mass is 10.2. The quantitative estimate of drug-likeness (QED) is 0.176. The highest BCUT2D eigenvalue weighted by Crippen LogP contribution is 2.42. The lowest BCUT2D eigenvalue weighted by Gasteiger charge is -2.15. The Morgan fingerprint density at radius 2 is 1.32 bits per heavy atom. The van der Waals surface area contributed by atoms with Crippen molar-refractivity contribution in [1.82, 2.24) is 0 Å². The molecule has 0 spiro atoms. The second-order valence-electron chi connectivity index (χ2n) is 3.32. The van der Waals surface area contributed by atoms with Crippen molar-refractivity contribution < 1.29 is 23.9 Å². The van der Waals surface area contributed by atoms with Gasteiger partial charge in [-0.3, -0.25) is 14.4 Å². The largest absolute Gasteiger partial charge is 0.421 e. The van der Waals surface area contributed by atoms with E-state index in [-0.39, 0.29) is 11.5 Å². The van der Waals surface area contributed by atoms with Crippen LogP contribution in [-0.4, -0.2) is 18.2 Å². The maximum Gasteiger partial charge on any atom is 0.308 e. The van der Waals surface area contributed by atoms with E-state index < -0.39 is 11.9 Å². The molecule has 19 heavy (non-hydrogen) atoms. The number of hydrogen-bond donors (Lipinski definition) is 0. The topological polar surface area (TPSA) is 69.7 Å². The molecule has 1 aromatic rings. The van der Waals surface area contributed by atoms with Crippen LogP contribution in [0.25, 0.3) is 0 Å². The molecule has 0 aliphatic rings. The molecule has 1 aromatic carbocycles. The molecular formula is C11H7I3O5. The Morgan fingerprint density at radius 1 is 0.895 bits per heavy atom. The zero-order valence-electron chi connectivity index (χ0n) is 9.75. The fraction of sp³-hybridized carbons (Fsp3) is 0.182. The molecule has 1 rings (SSSR count). The van der Waals surface area contributed by atoms with E-state index in [2.05, 4.69) is 0 Å². The Hall–Kier alpha value is 0.0200. The van der Waals surface area contributed by atoms with Crippen LogP contribution in [0.15, 0.2) is 0 Å². The molecule has 0 N–H and O–H groups in total. The monoisotopic (exact) mass is 600 g/mol. The van der Waals surface area contributed by atoms with Gasteiger partial charge in [-0.2, -0.15) is 0 Å². The Kier molecular flexibility index (Phi) is 6.42. The number of aldehydes is 1. The zero-order valence-corrected chi connectivity index (χ0v) is 16.2. The van der Waals surface area contributed by atoms with Gasteiger partial charge in [-0.15, -0.1) is 0 Å². The number of benzene rings is 1. The minimum Gasteiger partial charge on any atom is -0.421 e. The van der Waals surface area contributed by atoms with E-state index in [1.807, 2.05) is 67.8 Å².